The summed E-state index contributed by atoms with van der Waals surface area (Å²) in [6.07, 6.45) is 3.84. The van der Waals surface area contributed by atoms with Crippen LogP contribution in [0.25, 0.3) is 6.08 Å². The molecule has 21 heavy (non-hydrogen) atoms. The van der Waals surface area contributed by atoms with Crippen molar-refractivity contribution in [3.8, 4) is 0 Å². The summed E-state index contributed by atoms with van der Waals surface area (Å²) in [7, 11) is 1.55. The first kappa shape index (κ1) is 15.2. The van der Waals surface area contributed by atoms with Gasteiger partial charge in [-0.15, -0.1) is 11.3 Å². The number of hydrogen-bond acceptors (Lipinski definition) is 4. The molecule has 0 aliphatic carbocycles. The summed E-state index contributed by atoms with van der Waals surface area (Å²) in [5.41, 5.74) is 0.565. The average Bonchev–Trinajstić information content (AvgIpc) is 3.12. The second kappa shape index (κ2) is 6.53. The standard InChI is InChI=1S/C14H16N2O4S/c1-15-13(19)10-3-2-7-16(10)14(20)12-9(6-8-21-12)4-5-11(17)18/h4-6,8,10H,2-3,7H2,1H3,(H,15,19)(H,17,18). The number of carbonyl (C=O) groups is 3. The van der Waals surface area contributed by atoms with E-state index in [1.807, 2.05) is 0 Å². The molecule has 1 aliphatic heterocycles. The number of nitrogens with one attached hydrogen (secondary N) is 1. The molecule has 1 fully saturated rings. The lowest BCUT2D eigenvalue weighted by Crippen LogP contribution is -2.44. The van der Waals surface area contributed by atoms with Gasteiger partial charge in [0.25, 0.3) is 5.91 Å². The maximum atomic E-state index is 12.6. The first-order chi connectivity index (χ1) is 10.0. The number of rotatable bonds is 4. The average molecular weight is 308 g/mol. The highest BCUT2D eigenvalue weighted by atomic mass is 32.1. The molecule has 1 aliphatic rings. The molecule has 0 radical (unpaired) electrons. The minimum atomic E-state index is -1.07. The largest absolute Gasteiger partial charge is 0.478 e. The zero-order chi connectivity index (χ0) is 15.4. The Balaban J connectivity index is 2.22. The highest BCUT2D eigenvalue weighted by Crippen LogP contribution is 2.25. The Hall–Kier alpha value is -2.15. The number of carboxylic acid groups (broad SMARTS) is 1. The molecule has 1 aromatic heterocycles. The van der Waals surface area contributed by atoms with Gasteiger partial charge in [0.05, 0.1) is 4.88 Å². The zero-order valence-corrected chi connectivity index (χ0v) is 12.4. The third-order valence-electron chi connectivity index (χ3n) is 3.36. The van der Waals surface area contributed by atoms with Crippen LogP contribution in [0.5, 0.6) is 0 Å². The van der Waals surface area contributed by atoms with Gasteiger partial charge in [0, 0.05) is 19.7 Å². The zero-order valence-electron chi connectivity index (χ0n) is 11.5. The molecule has 1 aromatic rings. The molecule has 7 heteroatoms. The number of aliphatic carboxylic acids is 1. The number of carboxylic acids is 1. The first-order valence-electron chi connectivity index (χ1n) is 6.55. The number of thiophene rings is 1. The number of carbonyl (C=O) groups excluding carboxylic acids is 2. The number of likely N-dealkylation sites (tertiary alicyclic amines) is 1. The molecule has 2 N–H and O–H groups in total. The first-order valence-corrected chi connectivity index (χ1v) is 7.43. The minimum Gasteiger partial charge on any atom is -0.478 e. The molecule has 1 saturated heterocycles. The molecule has 0 bridgehead atoms. The van der Waals surface area contributed by atoms with E-state index in [-0.39, 0.29) is 11.8 Å². The summed E-state index contributed by atoms with van der Waals surface area (Å²) in [5, 5.41) is 13.0. The van der Waals surface area contributed by atoms with Gasteiger partial charge in [-0.25, -0.2) is 4.79 Å². The van der Waals surface area contributed by atoms with E-state index in [0.29, 0.717) is 23.4 Å². The fourth-order valence-electron chi connectivity index (χ4n) is 2.36. The summed E-state index contributed by atoms with van der Waals surface area (Å²) in [6.45, 7) is 0.539. The molecule has 1 unspecified atom stereocenters. The van der Waals surface area contributed by atoms with Crippen LogP contribution in [0.1, 0.15) is 28.1 Å². The molecular formula is C14H16N2O4S. The summed E-state index contributed by atoms with van der Waals surface area (Å²) >= 11 is 1.25. The molecule has 2 amide bonds. The van der Waals surface area contributed by atoms with Crippen LogP contribution in [0.15, 0.2) is 17.5 Å². The van der Waals surface area contributed by atoms with Gasteiger partial charge in [0.2, 0.25) is 5.91 Å². The maximum absolute atomic E-state index is 12.6. The van der Waals surface area contributed by atoms with Crippen molar-refractivity contribution in [2.24, 2.45) is 0 Å². The van der Waals surface area contributed by atoms with Gasteiger partial charge in [-0.3, -0.25) is 9.59 Å². The normalized spacial score (nSPS) is 18.1. The van der Waals surface area contributed by atoms with Gasteiger partial charge < -0.3 is 15.3 Å². The van der Waals surface area contributed by atoms with Crippen LogP contribution in [-0.4, -0.2) is 47.4 Å². The maximum Gasteiger partial charge on any atom is 0.328 e. The fourth-order valence-corrected chi connectivity index (χ4v) is 3.21. The van der Waals surface area contributed by atoms with E-state index in [1.54, 1.807) is 23.4 Å². The Labute approximate surface area is 126 Å². The predicted octanol–water partition coefficient (Wildman–Crippen LogP) is 1.20. The van der Waals surface area contributed by atoms with Crippen molar-refractivity contribution in [3.05, 3.63) is 28.0 Å². The van der Waals surface area contributed by atoms with Crippen molar-refractivity contribution in [1.29, 1.82) is 0 Å². The summed E-state index contributed by atoms with van der Waals surface area (Å²) in [6, 6.07) is 1.25. The van der Waals surface area contributed by atoms with Crippen LogP contribution in [0, 0.1) is 0 Å². The lowest BCUT2D eigenvalue weighted by molar-refractivity contribution is -0.131. The molecule has 2 rings (SSSR count). The van der Waals surface area contributed by atoms with Crippen LogP contribution < -0.4 is 5.32 Å². The van der Waals surface area contributed by atoms with Gasteiger partial charge in [-0.05, 0) is 35.9 Å². The Kier molecular flexibility index (Phi) is 4.74. The number of nitrogens with zero attached hydrogens (tertiary/aromatic N) is 1. The van der Waals surface area contributed by atoms with E-state index in [4.69, 9.17) is 5.11 Å². The van der Waals surface area contributed by atoms with Crippen LogP contribution in [0.2, 0.25) is 0 Å². The number of likely N-dealkylation sites (N-methyl/N-ethyl adjacent to an activating group) is 1. The monoisotopic (exact) mass is 308 g/mol. The smallest absolute Gasteiger partial charge is 0.328 e. The SMILES string of the molecule is CNC(=O)C1CCCN1C(=O)c1sccc1C=CC(=O)O. The third-order valence-corrected chi connectivity index (χ3v) is 4.28. The second-order valence-electron chi connectivity index (χ2n) is 4.65. The molecular weight excluding hydrogens is 292 g/mol. The van der Waals surface area contributed by atoms with Gasteiger partial charge >= 0.3 is 5.97 Å². The van der Waals surface area contributed by atoms with Gasteiger partial charge in [-0.1, -0.05) is 0 Å². The highest BCUT2D eigenvalue weighted by Gasteiger charge is 2.34. The van der Waals surface area contributed by atoms with E-state index in [9.17, 15) is 14.4 Å². The van der Waals surface area contributed by atoms with Crippen LogP contribution >= 0.6 is 11.3 Å². The Morgan fingerprint density at radius 3 is 2.90 bits per heavy atom. The lowest BCUT2D eigenvalue weighted by atomic mass is 10.2. The molecule has 0 spiro atoms. The molecule has 0 saturated carbocycles. The van der Waals surface area contributed by atoms with E-state index in [2.05, 4.69) is 5.32 Å². The number of amides is 2. The topological polar surface area (TPSA) is 86.7 Å². The van der Waals surface area contributed by atoms with Crippen LogP contribution in [0.4, 0.5) is 0 Å². The van der Waals surface area contributed by atoms with Crippen LogP contribution in [0.3, 0.4) is 0 Å². The summed E-state index contributed by atoms with van der Waals surface area (Å²) < 4.78 is 0. The van der Waals surface area contributed by atoms with Crippen molar-refractivity contribution >= 4 is 35.2 Å². The van der Waals surface area contributed by atoms with Gasteiger partial charge in [0.1, 0.15) is 6.04 Å². The van der Waals surface area contributed by atoms with E-state index < -0.39 is 12.0 Å². The van der Waals surface area contributed by atoms with Crippen molar-refractivity contribution in [2.45, 2.75) is 18.9 Å². The lowest BCUT2D eigenvalue weighted by Gasteiger charge is -2.23. The van der Waals surface area contributed by atoms with E-state index in [1.165, 1.54) is 17.4 Å². The molecule has 112 valence electrons. The van der Waals surface area contributed by atoms with Gasteiger partial charge in [-0.2, -0.15) is 0 Å². The molecule has 6 nitrogen and oxygen atoms in total. The molecule has 2 heterocycles. The Morgan fingerprint density at radius 1 is 1.48 bits per heavy atom. The Morgan fingerprint density at radius 2 is 2.24 bits per heavy atom. The van der Waals surface area contributed by atoms with Crippen molar-refractivity contribution in [1.82, 2.24) is 10.2 Å². The van der Waals surface area contributed by atoms with Crippen LogP contribution in [-0.2, 0) is 9.59 Å². The number of hydrogen-bond donors (Lipinski definition) is 2. The van der Waals surface area contributed by atoms with Gasteiger partial charge in [0.15, 0.2) is 0 Å². The molecule has 0 aromatic carbocycles. The second-order valence-corrected chi connectivity index (χ2v) is 5.56. The summed E-state index contributed by atoms with van der Waals surface area (Å²) in [5.74, 6) is -1.45. The highest BCUT2D eigenvalue weighted by molar-refractivity contribution is 7.12. The van der Waals surface area contributed by atoms with E-state index >= 15 is 0 Å². The minimum absolute atomic E-state index is 0.167. The predicted molar refractivity (Wildman–Crippen MR) is 79.1 cm³/mol. The van der Waals surface area contributed by atoms with Crippen molar-refractivity contribution in [3.63, 3.8) is 0 Å². The van der Waals surface area contributed by atoms with Crippen molar-refractivity contribution in [2.75, 3.05) is 13.6 Å². The van der Waals surface area contributed by atoms with Crippen molar-refractivity contribution < 1.29 is 19.5 Å². The molecule has 1 atom stereocenters. The fraction of sp³-hybridized carbons (Fsp3) is 0.357. The third kappa shape index (κ3) is 3.30. The quantitative estimate of drug-likeness (QED) is 0.818. The Bertz CT molecular complexity index is 594. The van der Waals surface area contributed by atoms with E-state index in [0.717, 1.165) is 12.5 Å². The summed E-state index contributed by atoms with van der Waals surface area (Å²) in [4.78, 5) is 37.0.